The zero-order valence-corrected chi connectivity index (χ0v) is 51.6. The number of allylic oxidation sites excluding steroid dienone is 9. The SMILES string of the molecule is CCCCCCC/C=C\C/C=C\C/C=C\CCCCCCCCCCCCC(=O)NC(COC1OC(CO)C(O)C(O)C1O)C(O)/C=C/CC/C=C/CCCCCCCCCCCCCCCCCCCCCCCCCCC. The molecule has 7 unspecified atom stereocenters. The van der Waals surface area contributed by atoms with Crippen LogP contribution in [0.25, 0.3) is 0 Å². The topological polar surface area (TPSA) is 149 Å². The summed E-state index contributed by atoms with van der Waals surface area (Å²) in [6.07, 6.45) is 74.6. The first kappa shape index (κ1) is 74.9. The van der Waals surface area contributed by atoms with Gasteiger partial charge in [0.05, 0.1) is 25.4 Å². The van der Waals surface area contributed by atoms with Gasteiger partial charge >= 0.3 is 0 Å². The van der Waals surface area contributed by atoms with E-state index in [1.165, 1.54) is 250 Å². The fraction of sp³-hybridized carbons (Fsp3) is 0.843. The standard InChI is InChI=1S/C70H129NO8/c1-3-5-7-9-11-13-15-17-19-21-23-25-27-29-30-31-32-33-34-36-37-39-41-43-45-47-49-51-53-55-57-59-64(73)63(62-78-70-69(77)68(76)67(75)65(61-72)79-70)71-66(74)60-58-56-54-52-50-48-46-44-42-40-38-35-28-26-24-22-20-18-16-14-12-10-8-6-4-2/h16,18,22,24,28,35,49,51,57,59,63-65,67-70,72-73,75-77H,3-15,17,19-21,23,25-27,29-34,36-48,50,52-56,58,60-62H2,1-2H3,(H,71,74)/b18-16-,24-22-,35-28-,51-49+,59-57+. The van der Waals surface area contributed by atoms with Crippen LogP contribution in [0, 0.1) is 0 Å². The Balaban J connectivity index is 2.17. The fourth-order valence-corrected chi connectivity index (χ4v) is 10.7. The van der Waals surface area contributed by atoms with Gasteiger partial charge in [-0.05, 0) is 70.6 Å². The van der Waals surface area contributed by atoms with Gasteiger partial charge in [-0.1, -0.05) is 306 Å². The second kappa shape index (κ2) is 59.1. The van der Waals surface area contributed by atoms with E-state index in [4.69, 9.17) is 9.47 Å². The van der Waals surface area contributed by atoms with Crippen LogP contribution in [0.2, 0.25) is 0 Å². The average molecular weight is 1110 g/mol. The van der Waals surface area contributed by atoms with Crippen LogP contribution in [0.15, 0.2) is 60.8 Å². The summed E-state index contributed by atoms with van der Waals surface area (Å²) in [7, 11) is 0. The number of rotatable bonds is 59. The third-order valence-electron chi connectivity index (χ3n) is 16.1. The van der Waals surface area contributed by atoms with E-state index in [1.807, 2.05) is 6.08 Å². The molecule has 0 aromatic carbocycles. The van der Waals surface area contributed by atoms with Crippen LogP contribution in [0.3, 0.4) is 0 Å². The van der Waals surface area contributed by atoms with E-state index in [-0.39, 0.29) is 12.5 Å². The van der Waals surface area contributed by atoms with Gasteiger partial charge < -0.3 is 40.3 Å². The summed E-state index contributed by atoms with van der Waals surface area (Å²) in [5.41, 5.74) is 0. The number of ether oxygens (including phenoxy) is 2. The van der Waals surface area contributed by atoms with Crippen LogP contribution in [0.5, 0.6) is 0 Å². The van der Waals surface area contributed by atoms with Gasteiger partial charge in [0.2, 0.25) is 5.91 Å². The Labute approximate surface area is 487 Å². The molecule has 1 saturated heterocycles. The van der Waals surface area contributed by atoms with Crippen LogP contribution in [-0.2, 0) is 14.3 Å². The van der Waals surface area contributed by atoms with Crippen LogP contribution >= 0.6 is 0 Å². The second-order valence-electron chi connectivity index (χ2n) is 23.6. The number of carbonyl (C=O) groups excluding carboxylic acids is 1. The zero-order chi connectivity index (χ0) is 57.2. The van der Waals surface area contributed by atoms with Crippen molar-refractivity contribution in [1.82, 2.24) is 5.32 Å². The lowest BCUT2D eigenvalue weighted by Crippen LogP contribution is -2.60. The Kier molecular flexibility index (Phi) is 56.0. The Hall–Kier alpha value is -2.11. The highest BCUT2D eigenvalue weighted by Crippen LogP contribution is 2.23. The molecule has 462 valence electrons. The van der Waals surface area contributed by atoms with E-state index < -0.39 is 49.5 Å². The molecular formula is C70H129NO8. The number of unbranched alkanes of at least 4 members (excludes halogenated alkanes) is 41. The Morgan fingerprint density at radius 1 is 0.430 bits per heavy atom. The average Bonchev–Trinajstić information content (AvgIpc) is 3.47. The van der Waals surface area contributed by atoms with Crippen molar-refractivity contribution >= 4 is 5.91 Å². The summed E-state index contributed by atoms with van der Waals surface area (Å²) in [6, 6.07) is -0.828. The van der Waals surface area contributed by atoms with Gasteiger partial charge in [0.15, 0.2) is 6.29 Å². The lowest BCUT2D eigenvalue weighted by atomic mass is 9.99. The van der Waals surface area contributed by atoms with Gasteiger partial charge in [0, 0.05) is 6.42 Å². The quantitative estimate of drug-likeness (QED) is 0.0261. The molecule has 1 fully saturated rings. The number of hydrogen-bond donors (Lipinski definition) is 6. The highest BCUT2D eigenvalue weighted by Gasteiger charge is 2.44. The Morgan fingerprint density at radius 3 is 1.15 bits per heavy atom. The first-order chi connectivity index (χ1) is 38.8. The summed E-state index contributed by atoms with van der Waals surface area (Å²) in [6.45, 7) is 3.79. The smallest absolute Gasteiger partial charge is 0.220 e. The van der Waals surface area contributed by atoms with Crippen LogP contribution in [0.1, 0.15) is 322 Å². The third-order valence-corrected chi connectivity index (χ3v) is 16.1. The molecule has 1 amide bonds. The van der Waals surface area contributed by atoms with E-state index in [0.717, 1.165) is 51.4 Å². The molecule has 0 bridgehead atoms. The molecule has 0 aliphatic carbocycles. The molecule has 1 aliphatic heterocycles. The van der Waals surface area contributed by atoms with Crippen LogP contribution in [0.4, 0.5) is 0 Å². The van der Waals surface area contributed by atoms with Crippen molar-refractivity contribution < 1.29 is 39.8 Å². The molecule has 9 heteroatoms. The molecule has 0 aromatic heterocycles. The van der Waals surface area contributed by atoms with E-state index in [9.17, 15) is 30.3 Å². The summed E-state index contributed by atoms with van der Waals surface area (Å²) in [4.78, 5) is 13.1. The monoisotopic (exact) mass is 1110 g/mol. The summed E-state index contributed by atoms with van der Waals surface area (Å²) < 4.78 is 11.3. The van der Waals surface area contributed by atoms with Gasteiger partial charge in [0.25, 0.3) is 0 Å². The summed E-state index contributed by atoms with van der Waals surface area (Å²) >= 11 is 0. The highest BCUT2D eigenvalue weighted by molar-refractivity contribution is 5.76. The van der Waals surface area contributed by atoms with Crippen molar-refractivity contribution in [3.63, 3.8) is 0 Å². The van der Waals surface area contributed by atoms with Gasteiger partial charge in [-0.3, -0.25) is 4.79 Å². The minimum absolute atomic E-state index is 0.188. The Morgan fingerprint density at radius 2 is 0.759 bits per heavy atom. The van der Waals surface area contributed by atoms with Crippen molar-refractivity contribution in [2.45, 2.75) is 365 Å². The number of carbonyl (C=O) groups is 1. The molecular weight excluding hydrogens is 983 g/mol. The van der Waals surface area contributed by atoms with E-state index in [0.29, 0.717) is 6.42 Å². The number of nitrogens with one attached hydrogen (secondary N) is 1. The minimum Gasteiger partial charge on any atom is -0.394 e. The first-order valence-electron chi connectivity index (χ1n) is 34.0. The zero-order valence-electron chi connectivity index (χ0n) is 51.6. The third kappa shape index (κ3) is 48.0. The van der Waals surface area contributed by atoms with Crippen molar-refractivity contribution in [1.29, 1.82) is 0 Å². The lowest BCUT2D eigenvalue weighted by Gasteiger charge is -2.40. The van der Waals surface area contributed by atoms with Gasteiger partial charge in [-0.25, -0.2) is 0 Å². The number of aliphatic hydroxyl groups is 5. The number of amides is 1. The molecule has 79 heavy (non-hydrogen) atoms. The summed E-state index contributed by atoms with van der Waals surface area (Å²) in [5, 5.41) is 54.7. The maximum Gasteiger partial charge on any atom is 0.220 e. The molecule has 0 spiro atoms. The van der Waals surface area contributed by atoms with E-state index >= 15 is 0 Å². The maximum absolute atomic E-state index is 13.1. The number of aliphatic hydroxyl groups excluding tert-OH is 5. The van der Waals surface area contributed by atoms with Crippen molar-refractivity contribution in [3.05, 3.63) is 60.8 Å². The minimum atomic E-state index is -1.58. The Bertz CT molecular complexity index is 1430. The first-order valence-corrected chi connectivity index (χ1v) is 34.0. The van der Waals surface area contributed by atoms with E-state index in [2.05, 4.69) is 67.8 Å². The normalized spacial score (nSPS) is 18.9. The molecule has 6 N–H and O–H groups in total. The predicted molar refractivity (Wildman–Crippen MR) is 336 cm³/mol. The molecule has 7 atom stereocenters. The molecule has 9 nitrogen and oxygen atoms in total. The molecule has 1 rings (SSSR count). The molecule has 1 aliphatic rings. The lowest BCUT2D eigenvalue weighted by molar-refractivity contribution is -0.302. The maximum atomic E-state index is 13.1. The van der Waals surface area contributed by atoms with Crippen molar-refractivity contribution in [3.8, 4) is 0 Å². The number of hydrogen-bond acceptors (Lipinski definition) is 8. The molecule has 0 radical (unpaired) electrons. The molecule has 0 aromatic rings. The molecule has 0 saturated carbocycles. The summed E-state index contributed by atoms with van der Waals surface area (Å²) in [5.74, 6) is -0.188. The van der Waals surface area contributed by atoms with Crippen molar-refractivity contribution in [2.75, 3.05) is 13.2 Å². The van der Waals surface area contributed by atoms with Gasteiger partial charge in [-0.2, -0.15) is 0 Å². The van der Waals surface area contributed by atoms with Gasteiger partial charge in [0.1, 0.15) is 24.4 Å². The fourth-order valence-electron chi connectivity index (χ4n) is 10.7. The predicted octanol–water partition coefficient (Wildman–Crippen LogP) is 18.2. The highest BCUT2D eigenvalue weighted by atomic mass is 16.7. The second-order valence-corrected chi connectivity index (χ2v) is 23.6. The molecule has 1 heterocycles. The van der Waals surface area contributed by atoms with E-state index in [1.54, 1.807) is 6.08 Å². The van der Waals surface area contributed by atoms with Crippen molar-refractivity contribution in [2.24, 2.45) is 0 Å². The van der Waals surface area contributed by atoms with Crippen LogP contribution in [-0.4, -0.2) is 87.5 Å². The largest absolute Gasteiger partial charge is 0.394 e. The van der Waals surface area contributed by atoms with Gasteiger partial charge in [-0.15, -0.1) is 0 Å². The van der Waals surface area contributed by atoms with Crippen LogP contribution < -0.4 is 5.32 Å².